The number of carbonyl (C=O) groups excluding carboxylic acids is 2. The summed E-state index contributed by atoms with van der Waals surface area (Å²) in [5.41, 5.74) is 1.34. The molecule has 5 nitrogen and oxygen atoms in total. The van der Waals surface area contributed by atoms with Crippen molar-refractivity contribution in [3.05, 3.63) is 29.8 Å². The topological polar surface area (TPSA) is 60.9 Å². The molecule has 108 valence electrons. The van der Waals surface area contributed by atoms with E-state index in [1.165, 1.54) is 0 Å². The number of nitrogens with zero attached hydrogens (tertiary/aromatic N) is 2. The Kier molecular flexibility index (Phi) is 4.39. The Morgan fingerprint density at radius 3 is 2.35 bits per heavy atom. The van der Waals surface area contributed by atoms with Gasteiger partial charge in [-0.3, -0.25) is 9.59 Å². The number of aliphatic hydroxyl groups is 1. The smallest absolute Gasteiger partial charge is 0.253 e. The van der Waals surface area contributed by atoms with E-state index in [0.29, 0.717) is 25.2 Å². The van der Waals surface area contributed by atoms with Gasteiger partial charge in [0.25, 0.3) is 5.91 Å². The second-order valence-electron chi connectivity index (χ2n) is 4.89. The fraction of sp³-hybridized carbons (Fsp3) is 0.467. The molecule has 1 aromatic rings. The normalized spacial score (nSPS) is 18.4. The van der Waals surface area contributed by atoms with Crippen LogP contribution >= 0.6 is 0 Å². The van der Waals surface area contributed by atoms with Crippen molar-refractivity contribution in [2.45, 2.75) is 26.4 Å². The minimum atomic E-state index is -0.598. The second-order valence-corrected chi connectivity index (χ2v) is 4.89. The average Bonchev–Trinajstić information content (AvgIpc) is 2.79. The Morgan fingerprint density at radius 2 is 1.90 bits per heavy atom. The Hall–Kier alpha value is -1.88. The first-order valence-electron chi connectivity index (χ1n) is 6.94. The maximum absolute atomic E-state index is 12.2. The number of hydrogen-bond donors (Lipinski definition) is 1. The second kappa shape index (κ2) is 6.05. The lowest BCUT2D eigenvalue weighted by Crippen LogP contribution is -2.30. The molecular weight excluding hydrogens is 256 g/mol. The molecule has 2 rings (SSSR count). The van der Waals surface area contributed by atoms with Gasteiger partial charge in [-0.15, -0.1) is 0 Å². The number of carbonyl (C=O) groups is 2. The van der Waals surface area contributed by atoms with Crippen LogP contribution in [0.5, 0.6) is 0 Å². The monoisotopic (exact) mass is 276 g/mol. The summed E-state index contributed by atoms with van der Waals surface area (Å²) < 4.78 is 0. The van der Waals surface area contributed by atoms with E-state index in [1.807, 2.05) is 13.8 Å². The first-order valence-corrected chi connectivity index (χ1v) is 6.94. The highest BCUT2D eigenvalue weighted by atomic mass is 16.3. The van der Waals surface area contributed by atoms with Gasteiger partial charge in [0.1, 0.15) is 0 Å². The zero-order chi connectivity index (χ0) is 14.7. The fourth-order valence-electron chi connectivity index (χ4n) is 2.42. The number of benzene rings is 1. The minimum Gasteiger partial charge on any atom is -0.391 e. The number of anilines is 1. The lowest BCUT2D eigenvalue weighted by molar-refractivity contribution is -0.117. The van der Waals surface area contributed by atoms with Crippen LogP contribution in [0.25, 0.3) is 0 Å². The molecule has 20 heavy (non-hydrogen) atoms. The fourth-order valence-corrected chi connectivity index (χ4v) is 2.42. The van der Waals surface area contributed by atoms with Crippen LogP contribution in [0.3, 0.4) is 0 Å². The Morgan fingerprint density at radius 1 is 1.30 bits per heavy atom. The van der Waals surface area contributed by atoms with Crippen molar-refractivity contribution in [1.82, 2.24) is 4.90 Å². The molecule has 0 aromatic heterocycles. The number of rotatable bonds is 4. The highest BCUT2D eigenvalue weighted by Gasteiger charge is 2.29. The van der Waals surface area contributed by atoms with Gasteiger partial charge in [-0.05, 0) is 38.1 Å². The molecule has 1 saturated heterocycles. The van der Waals surface area contributed by atoms with Crippen LogP contribution in [0.2, 0.25) is 0 Å². The zero-order valence-electron chi connectivity index (χ0n) is 11.9. The van der Waals surface area contributed by atoms with E-state index in [2.05, 4.69) is 0 Å². The number of amides is 2. The Labute approximate surface area is 118 Å². The molecule has 2 amide bonds. The summed E-state index contributed by atoms with van der Waals surface area (Å²) in [5.74, 6) is -0.0883. The van der Waals surface area contributed by atoms with Gasteiger partial charge in [0.2, 0.25) is 5.91 Å². The third-order valence-electron chi connectivity index (χ3n) is 3.58. The number of aliphatic hydroxyl groups excluding tert-OH is 1. The van der Waals surface area contributed by atoms with Gasteiger partial charge >= 0.3 is 0 Å². The molecule has 1 heterocycles. The highest BCUT2D eigenvalue weighted by Crippen LogP contribution is 2.22. The zero-order valence-corrected chi connectivity index (χ0v) is 11.9. The largest absolute Gasteiger partial charge is 0.391 e. The van der Waals surface area contributed by atoms with Gasteiger partial charge in [-0.1, -0.05) is 0 Å². The standard InChI is InChI=1S/C15H20N2O3/c1-3-16(4-2)15(20)11-5-7-12(8-6-11)17-10-13(18)9-14(17)19/h5-8,13,18H,3-4,9-10H2,1-2H3. The Balaban J connectivity index is 2.14. The molecule has 1 aliphatic heterocycles. The molecule has 1 fully saturated rings. The molecule has 0 saturated carbocycles. The molecule has 1 aromatic carbocycles. The van der Waals surface area contributed by atoms with Crippen molar-refractivity contribution in [2.75, 3.05) is 24.5 Å². The molecule has 1 N–H and O–H groups in total. The van der Waals surface area contributed by atoms with E-state index in [1.54, 1.807) is 34.1 Å². The molecule has 0 aliphatic carbocycles. The van der Waals surface area contributed by atoms with Crippen molar-refractivity contribution in [3.63, 3.8) is 0 Å². The quantitative estimate of drug-likeness (QED) is 0.900. The summed E-state index contributed by atoms with van der Waals surface area (Å²) in [6, 6.07) is 6.97. The van der Waals surface area contributed by atoms with Crippen LogP contribution in [0.1, 0.15) is 30.6 Å². The van der Waals surface area contributed by atoms with Crippen LogP contribution in [0.15, 0.2) is 24.3 Å². The van der Waals surface area contributed by atoms with Gasteiger partial charge in [-0.25, -0.2) is 0 Å². The third-order valence-corrected chi connectivity index (χ3v) is 3.58. The summed E-state index contributed by atoms with van der Waals surface area (Å²) in [6.45, 7) is 5.56. The van der Waals surface area contributed by atoms with Crippen LogP contribution in [0.4, 0.5) is 5.69 Å². The summed E-state index contributed by atoms with van der Waals surface area (Å²) in [5, 5.41) is 9.49. The van der Waals surface area contributed by atoms with E-state index in [9.17, 15) is 14.7 Å². The number of hydrogen-bond acceptors (Lipinski definition) is 3. The first-order chi connectivity index (χ1) is 9.56. The van der Waals surface area contributed by atoms with E-state index >= 15 is 0 Å². The van der Waals surface area contributed by atoms with Crippen molar-refractivity contribution in [1.29, 1.82) is 0 Å². The SMILES string of the molecule is CCN(CC)C(=O)c1ccc(N2CC(O)CC2=O)cc1. The van der Waals surface area contributed by atoms with Crippen LogP contribution in [-0.4, -0.2) is 47.6 Å². The average molecular weight is 276 g/mol. The van der Waals surface area contributed by atoms with E-state index in [4.69, 9.17) is 0 Å². The molecule has 1 atom stereocenters. The van der Waals surface area contributed by atoms with E-state index in [-0.39, 0.29) is 18.2 Å². The molecule has 0 radical (unpaired) electrons. The predicted molar refractivity (Wildman–Crippen MR) is 76.7 cm³/mol. The van der Waals surface area contributed by atoms with Gasteiger partial charge in [0.05, 0.1) is 19.1 Å². The van der Waals surface area contributed by atoms with Crippen LogP contribution in [-0.2, 0) is 4.79 Å². The molecular formula is C15H20N2O3. The highest BCUT2D eigenvalue weighted by molar-refractivity contribution is 5.98. The van der Waals surface area contributed by atoms with Crippen molar-refractivity contribution < 1.29 is 14.7 Å². The maximum atomic E-state index is 12.2. The van der Waals surface area contributed by atoms with Crippen LogP contribution in [0, 0.1) is 0 Å². The van der Waals surface area contributed by atoms with Gasteiger partial charge < -0.3 is 14.9 Å². The molecule has 5 heteroatoms. The third kappa shape index (κ3) is 2.82. The molecule has 1 aliphatic rings. The predicted octanol–water partition coefficient (Wildman–Crippen LogP) is 1.27. The van der Waals surface area contributed by atoms with E-state index < -0.39 is 6.10 Å². The summed E-state index contributed by atoms with van der Waals surface area (Å²) in [4.78, 5) is 27.2. The van der Waals surface area contributed by atoms with Gasteiger partial charge in [-0.2, -0.15) is 0 Å². The maximum Gasteiger partial charge on any atom is 0.253 e. The van der Waals surface area contributed by atoms with Crippen molar-refractivity contribution >= 4 is 17.5 Å². The Bertz CT molecular complexity index is 494. The first kappa shape index (κ1) is 14.5. The number of β-amino-alcohol motifs (C(OH)–C–C–N with tert-alkyl or cyclic N) is 1. The van der Waals surface area contributed by atoms with Crippen molar-refractivity contribution in [3.8, 4) is 0 Å². The summed E-state index contributed by atoms with van der Waals surface area (Å²) >= 11 is 0. The summed E-state index contributed by atoms with van der Waals surface area (Å²) in [7, 11) is 0. The molecule has 1 unspecified atom stereocenters. The van der Waals surface area contributed by atoms with Crippen LogP contribution < -0.4 is 4.90 Å². The molecule has 0 bridgehead atoms. The molecule has 0 spiro atoms. The lowest BCUT2D eigenvalue weighted by atomic mass is 10.1. The lowest BCUT2D eigenvalue weighted by Gasteiger charge is -2.20. The van der Waals surface area contributed by atoms with Crippen molar-refractivity contribution in [2.24, 2.45) is 0 Å². The summed E-state index contributed by atoms with van der Waals surface area (Å²) in [6.07, 6.45) is -0.431. The minimum absolute atomic E-state index is 0.00525. The van der Waals surface area contributed by atoms with E-state index in [0.717, 1.165) is 5.69 Å². The van der Waals surface area contributed by atoms with Gasteiger partial charge in [0.15, 0.2) is 0 Å². The van der Waals surface area contributed by atoms with Gasteiger partial charge in [0, 0.05) is 24.3 Å².